The lowest BCUT2D eigenvalue weighted by Gasteiger charge is -2.20. The molecule has 0 atom stereocenters. The molecule has 0 unspecified atom stereocenters. The summed E-state index contributed by atoms with van der Waals surface area (Å²) in [5, 5.41) is 0. The summed E-state index contributed by atoms with van der Waals surface area (Å²) in [5.74, 6) is 1.85. The van der Waals surface area contributed by atoms with Crippen molar-refractivity contribution >= 4 is 11.8 Å². The molecule has 0 fully saturated rings. The van der Waals surface area contributed by atoms with Gasteiger partial charge in [-0.05, 0) is 19.4 Å². The van der Waals surface area contributed by atoms with Crippen molar-refractivity contribution in [2.75, 3.05) is 36.5 Å². The summed E-state index contributed by atoms with van der Waals surface area (Å²) in [6.45, 7) is 4.86. The molecular weight excluding hydrogens is 264 g/mol. The molecule has 0 saturated heterocycles. The fraction of sp³-hybridized carbons (Fsp3) is 0.467. The van der Waals surface area contributed by atoms with Gasteiger partial charge in [-0.15, -0.1) is 0 Å². The van der Waals surface area contributed by atoms with Gasteiger partial charge in [-0.2, -0.15) is 0 Å². The van der Waals surface area contributed by atoms with E-state index in [0.29, 0.717) is 0 Å². The molecular formula is C15H20N6. The molecule has 6 heteroatoms. The summed E-state index contributed by atoms with van der Waals surface area (Å²) in [7, 11) is 2.07. The maximum atomic E-state index is 4.48. The Morgan fingerprint density at radius 1 is 1.10 bits per heavy atom. The lowest BCUT2D eigenvalue weighted by molar-refractivity contribution is 0.769. The Morgan fingerprint density at radius 2 is 1.86 bits per heavy atom. The highest BCUT2D eigenvalue weighted by atomic mass is 15.2. The summed E-state index contributed by atoms with van der Waals surface area (Å²) < 4.78 is 0. The van der Waals surface area contributed by atoms with Crippen molar-refractivity contribution in [1.82, 2.24) is 19.9 Å². The maximum absolute atomic E-state index is 4.48. The van der Waals surface area contributed by atoms with Gasteiger partial charge in [-0.3, -0.25) is 0 Å². The van der Waals surface area contributed by atoms with Gasteiger partial charge in [0.15, 0.2) is 0 Å². The predicted molar refractivity (Wildman–Crippen MR) is 82.6 cm³/mol. The van der Waals surface area contributed by atoms with E-state index in [-0.39, 0.29) is 0 Å². The first-order chi connectivity index (χ1) is 10.3. The van der Waals surface area contributed by atoms with Crippen LogP contribution in [0.3, 0.4) is 0 Å². The largest absolute Gasteiger partial charge is 0.360 e. The topological polar surface area (TPSA) is 58.0 Å². The van der Waals surface area contributed by atoms with Gasteiger partial charge in [0.1, 0.15) is 12.1 Å². The van der Waals surface area contributed by atoms with E-state index in [1.807, 2.05) is 6.07 Å². The number of hydrogen-bond acceptors (Lipinski definition) is 6. The maximum Gasteiger partial charge on any atom is 0.225 e. The van der Waals surface area contributed by atoms with Gasteiger partial charge in [0.25, 0.3) is 0 Å². The lowest BCUT2D eigenvalue weighted by Crippen LogP contribution is -2.27. The Balaban J connectivity index is 1.86. The lowest BCUT2D eigenvalue weighted by atomic mass is 10.1. The summed E-state index contributed by atoms with van der Waals surface area (Å²) in [6, 6.07) is 1.84. The Kier molecular flexibility index (Phi) is 3.94. The Labute approximate surface area is 124 Å². The zero-order chi connectivity index (χ0) is 14.7. The van der Waals surface area contributed by atoms with Crippen molar-refractivity contribution in [2.24, 2.45) is 0 Å². The van der Waals surface area contributed by atoms with Crippen LogP contribution in [0.25, 0.3) is 0 Å². The minimum atomic E-state index is 0.795. The van der Waals surface area contributed by atoms with E-state index in [0.717, 1.165) is 49.9 Å². The van der Waals surface area contributed by atoms with Crippen LogP contribution in [0.1, 0.15) is 18.2 Å². The van der Waals surface area contributed by atoms with Gasteiger partial charge in [-0.25, -0.2) is 19.9 Å². The number of aromatic nitrogens is 4. The molecule has 0 spiro atoms. The number of nitrogens with zero attached hydrogens (tertiary/aromatic N) is 6. The quantitative estimate of drug-likeness (QED) is 0.847. The monoisotopic (exact) mass is 284 g/mol. The van der Waals surface area contributed by atoms with Crippen LogP contribution in [0, 0.1) is 0 Å². The van der Waals surface area contributed by atoms with E-state index in [1.54, 1.807) is 18.7 Å². The number of anilines is 2. The molecule has 0 aromatic carbocycles. The molecule has 0 amide bonds. The standard InChI is InChI=1S/C15H20N6/c1-3-20(2)14-12-5-9-21(15-16-7-4-8-17-15)10-6-13(12)18-11-19-14/h4,7-8,11H,3,5-6,9-10H2,1-2H3. The zero-order valence-electron chi connectivity index (χ0n) is 12.5. The van der Waals surface area contributed by atoms with Crippen LogP contribution in [0.4, 0.5) is 11.8 Å². The molecule has 1 aliphatic rings. The molecule has 3 heterocycles. The van der Waals surface area contributed by atoms with Crippen molar-refractivity contribution in [3.8, 4) is 0 Å². The van der Waals surface area contributed by atoms with Crippen LogP contribution in [0.2, 0.25) is 0 Å². The van der Waals surface area contributed by atoms with E-state index in [4.69, 9.17) is 0 Å². The smallest absolute Gasteiger partial charge is 0.225 e. The van der Waals surface area contributed by atoms with Crippen molar-refractivity contribution < 1.29 is 0 Å². The van der Waals surface area contributed by atoms with E-state index >= 15 is 0 Å². The molecule has 2 aromatic heterocycles. The molecule has 6 nitrogen and oxygen atoms in total. The van der Waals surface area contributed by atoms with E-state index < -0.39 is 0 Å². The van der Waals surface area contributed by atoms with Gasteiger partial charge in [-0.1, -0.05) is 0 Å². The first-order valence-electron chi connectivity index (χ1n) is 7.35. The number of fused-ring (bicyclic) bond motifs is 1. The summed E-state index contributed by atoms with van der Waals surface area (Å²) in [6.07, 6.45) is 7.08. The fourth-order valence-electron chi connectivity index (χ4n) is 2.64. The van der Waals surface area contributed by atoms with Crippen molar-refractivity contribution in [2.45, 2.75) is 19.8 Å². The van der Waals surface area contributed by atoms with Crippen LogP contribution in [-0.2, 0) is 12.8 Å². The van der Waals surface area contributed by atoms with Gasteiger partial charge >= 0.3 is 0 Å². The first-order valence-corrected chi connectivity index (χ1v) is 7.35. The minimum Gasteiger partial charge on any atom is -0.360 e. The first kappa shape index (κ1) is 13.7. The van der Waals surface area contributed by atoms with Crippen molar-refractivity contribution in [1.29, 1.82) is 0 Å². The molecule has 110 valence electrons. The third kappa shape index (κ3) is 2.79. The number of hydrogen-bond donors (Lipinski definition) is 0. The van der Waals surface area contributed by atoms with Crippen LogP contribution < -0.4 is 9.80 Å². The summed E-state index contributed by atoms with van der Waals surface area (Å²) in [4.78, 5) is 22.0. The van der Waals surface area contributed by atoms with Crippen LogP contribution in [-0.4, -0.2) is 46.6 Å². The molecule has 0 bridgehead atoms. The molecule has 1 aliphatic heterocycles. The average molecular weight is 284 g/mol. The highest BCUT2D eigenvalue weighted by molar-refractivity contribution is 5.49. The Hall–Kier alpha value is -2.24. The molecule has 0 saturated carbocycles. The van der Waals surface area contributed by atoms with Gasteiger partial charge in [0.2, 0.25) is 5.95 Å². The molecule has 3 rings (SSSR count). The van der Waals surface area contributed by atoms with Gasteiger partial charge < -0.3 is 9.80 Å². The normalized spacial score (nSPS) is 14.5. The van der Waals surface area contributed by atoms with Gasteiger partial charge in [0, 0.05) is 51.1 Å². The minimum absolute atomic E-state index is 0.795. The van der Waals surface area contributed by atoms with E-state index in [1.165, 1.54) is 5.56 Å². The number of rotatable bonds is 3. The van der Waals surface area contributed by atoms with Crippen molar-refractivity contribution in [3.63, 3.8) is 0 Å². The molecule has 21 heavy (non-hydrogen) atoms. The average Bonchev–Trinajstić information content (AvgIpc) is 2.77. The van der Waals surface area contributed by atoms with Crippen molar-refractivity contribution in [3.05, 3.63) is 36.0 Å². The van der Waals surface area contributed by atoms with Crippen LogP contribution >= 0.6 is 0 Å². The zero-order valence-corrected chi connectivity index (χ0v) is 12.5. The predicted octanol–water partition coefficient (Wildman–Crippen LogP) is 1.33. The third-order valence-corrected chi connectivity index (χ3v) is 3.93. The Bertz CT molecular complexity index is 600. The molecule has 0 aliphatic carbocycles. The molecule has 0 radical (unpaired) electrons. The SMILES string of the molecule is CCN(C)c1ncnc2c1CCN(c1ncccn1)CC2. The van der Waals surface area contributed by atoms with Gasteiger partial charge in [0.05, 0.1) is 5.69 Å². The highest BCUT2D eigenvalue weighted by Gasteiger charge is 2.20. The summed E-state index contributed by atoms with van der Waals surface area (Å²) >= 11 is 0. The molecule has 0 N–H and O–H groups in total. The molecule has 2 aromatic rings. The van der Waals surface area contributed by atoms with E-state index in [9.17, 15) is 0 Å². The van der Waals surface area contributed by atoms with Crippen LogP contribution in [0.5, 0.6) is 0 Å². The second-order valence-corrected chi connectivity index (χ2v) is 5.17. The third-order valence-electron chi connectivity index (χ3n) is 3.93. The van der Waals surface area contributed by atoms with Crippen LogP contribution in [0.15, 0.2) is 24.8 Å². The second kappa shape index (κ2) is 6.03. The second-order valence-electron chi connectivity index (χ2n) is 5.17. The highest BCUT2D eigenvalue weighted by Crippen LogP contribution is 2.23. The van der Waals surface area contributed by atoms with E-state index in [2.05, 4.69) is 43.7 Å². The summed E-state index contributed by atoms with van der Waals surface area (Å²) in [5.41, 5.74) is 2.42. The Morgan fingerprint density at radius 3 is 2.62 bits per heavy atom. The fourth-order valence-corrected chi connectivity index (χ4v) is 2.64.